The van der Waals surface area contributed by atoms with Gasteiger partial charge < -0.3 is 14.8 Å². The zero-order valence-corrected chi connectivity index (χ0v) is 19.5. The highest BCUT2D eigenvalue weighted by Crippen LogP contribution is 2.38. The van der Waals surface area contributed by atoms with E-state index in [-0.39, 0.29) is 11.7 Å². The SMILES string of the molecule is COc1cc(/C=C2/SC(=Nc3ccc(F)cc3)NC2=O)cc(Cl)c1OCc1cccc(C)c1. The van der Waals surface area contributed by atoms with E-state index in [1.54, 1.807) is 18.2 Å². The molecule has 0 aromatic heterocycles. The largest absolute Gasteiger partial charge is 0.493 e. The average Bonchev–Trinajstić information content (AvgIpc) is 3.12. The maximum Gasteiger partial charge on any atom is 0.264 e. The van der Waals surface area contributed by atoms with Gasteiger partial charge in [-0.15, -0.1) is 0 Å². The Morgan fingerprint density at radius 2 is 1.94 bits per heavy atom. The third-order valence-corrected chi connectivity index (χ3v) is 5.91. The van der Waals surface area contributed by atoms with Crippen molar-refractivity contribution >= 4 is 46.2 Å². The number of carbonyl (C=O) groups excluding carboxylic acids is 1. The van der Waals surface area contributed by atoms with Crippen LogP contribution in [0.2, 0.25) is 5.02 Å². The molecular formula is C25H20ClFN2O3S. The van der Waals surface area contributed by atoms with Gasteiger partial charge in [0.15, 0.2) is 16.7 Å². The summed E-state index contributed by atoms with van der Waals surface area (Å²) in [5.74, 6) is 0.269. The zero-order valence-electron chi connectivity index (χ0n) is 17.9. The number of benzene rings is 3. The van der Waals surface area contributed by atoms with Crippen LogP contribution in [-0.4, -0.2) is 18.2 Å². The summed E-state index contributed by atoms with van der Waals surface area (Å²) in [7, 11) is 1.53. The van der Waals surface area contributed by atoms with Crippen LogP contribution in [0.3, 0.4) is 0 Å². The molecule has 0 aliphatic carbocycles. The highest BCUT2D eigenvalue weighted by Gasteiger charge is 2.24. The lowest BCUT2D eigenvalue weighted by atomic mass is 10.1. The van der Waals surface area contributed by atoms with Crippen LogP contribution in [0.1, 0.15) is 16.7 Å². The number of amides is 1. The topological polar surface area (TPSA) is 59.9 Å². The monoisotopic (exact) mass is 482 g/mol. The molecule has 1 aliphatic heterocycles. The van der Waals surface area contributed by atoms with Gasteiger partial charge in [0.2, 0.25) is 0 Å². The van der Waals surface area contributed by atoms with Gasteiger partial charge in [0.05, 0.1) is 22.7 Å². The minimum atomic E-state index is -0.347. The molecule has 3 aromatic rings. The molecule has 3 aromatic carbocycles. The average molecular weight is 483 g/mol. The van der Waals surface area contributed by atoms with E-state index in [1.807, 2.05) is 31.2 Å². The quantitative estimate of drug-likeness (QED) is 0.421. The lowest BCUT2D eigenvalue weighted by Crippen LogP contribution is -2.19. The number of hydrogen-bond donors (Lipinski definition) is 1. The molecule has 0 bridgehead atoms. The number of halogens is 2. The molecule has 33 heavy (non-hydrogen) atoms. The number of thioether (sulfide) groups is 1. The highest BCUT2D eigenvalue weighted by molar-refractivity contribution is 8.18. The lowest BCUT2D eigenvalue weighted by Gasteiger charge is -2.14. The van der Waals surface area contributed by atoms with Crippen molar-refractivity contribution in [3.05, 3.63) is 93.1 Å². The number of amidine groups is 1. The van der Waals surface area contributed by atoms with Crippen molar-refractivity contribution in [2.45, 2.75) is 13.5 Å². The molecular weight excluding hydrogens is 463 g/mol. The fourth-order valence-corrected chi connectivity index (χ4v) is 4.30. The van der Waals surface area contributed by atoms with Crippen LogP contribution in [0.15, 0.2) is 70.6 Å². The maximum absolute atomic E-state index is 13.1. The number of aliphatic imine (C=N–C) groups is 1. The molecule has 1 amide bonds. The van der Waals surface area contributed by atoms with Gasteiger partial charge in [-0.2, -0.15) is 0 Å². The van der Waals surface area contributed by atoms with Crippen molar-refractivity contribution in [3.63, 3.8) is 0 Å². The molecule has 1 N–H and O–H groups in total. The Kier molecular flexibility index (Phi) is 7.01. The van der Waals surface area contributed by atoms with Gasteiger partial charge in [0.25, 0.3) is 5.91 Å². The van der Waals surface area contributed by atoms with E-state index in [0.29, 0.717) is 44.5 Å². The van der Waals surface area contributed by atoms with Crippen LogP contribution in [-0.2, 0) is 11.4 Å². The van der Waals surface area contributed by atoms with Crippen molar-refractivity contribution in [3.8, 4) is 11.5 Å². The molecule has 168 valence electrons. The van der Waals surface area contributed by atoms with Crippen molar-refractivity contribution in [2.24, 2.45) is 4.99 Å². The third-order valence-electron chi connectivity index (χ3n) is 4.72. The van der Waals surface area contributed by atoms with Crippen molar-refractivity contribution in [1.29, 1.82) is 0 Å². The number of nitrogens with one attached hydrogen (secondary N) is 1. The molecule has 0 spiro atoms. The Morgan fingerprint density at radius 3 is 2.67 bits per heavy atom. The molecule has 1 aliphatic rings. The summed E-state index contributed by atoms with van der Waals surface area (Å²) in [5.41, 5.74) is 3.39. The molecule has 8 heteroatoms. The highest BCUT2D eigenvalue weighted by atomic mass is 35.5. The Labute approximate surface area is 200 Å². The first-order chi connectivity index (χ1) is 15.9. The van der Waals surface area contributed by atoms with Crippen molar-refractivity contribution in [1.82, 2.24) is 5.32 Å². The summed E-state index contributed by atoms with van der Waals surface area (Å²) in [6.45, 7) is 2.37. The minimum Gasteiger partial charge on any atom is -0.493 e. The zero-order chi connectivity index (χ0) is 23.4. The van der Waals surface area contributed by atoms with Crippen molar-refractivity contribution < 1.29 is 18.7 Å². The molecule has 0 atom stereocenters. The maximum atomic E-state index is 13.1. The number of ether oxygens (including phenoxy) is 2. The van der Waals surface area contributed by atoms with E-state index in [2.05, 4.69) is 10.3 Å². The fraction of sp³-hybridized carbons (Fsp3) is 0.120. The van der Waals surface area contributed by atoms with Gasteiger partial charge in [-0.25, -0.2) is 9.38 Å². The normalized spacial score (nSPS) is 15.7. The smallest absolute Gasteiger partial charge is 0.264 e. The van der Waals surface area contributed by atoms with Crippen LogP contribution >= 0.6 is 23.4 Å². The minimum absolute atomic E-state index is 0.282. The number of rotatable bonds is 6. The molecule has 1 saturated heterocycles. The standard InChI is InChI=1S/C25H20ClFN2O3S/c1-15-4-3-5-16(10-15)14-32-23-20(26)11-17(12-21(23)31-2)13-22-24(30)29-25(33-22)28-19-8-6-18(27)7-9-19/h3-13H,14H2,1-2H3,(H,28,29,30)/b22-13+. The Bertz CT molecular complexity index is 1260. The van der Waals surface area contributed by atoms with Crippen LogP contribution < -0.4 is 14.8 Å². The van der Waals surface area contributed by atoms with Gasteiger partial charge in [-0.1, -0.05) is 41.4 Å². The Hall–Kier alpha value is -3.29. The number of nitrogens with zero attached hydrogens (tertiary/aromatic N) is 1. The molecule has 5 nitrogen and oxygen atoms in total. The van der Waals surface area contributed by atoms with Crippen LogP contribution in [0, 0.1) is 12.7 Å². The second-order valence-corrected chi connectivity index (χ2v) is 8.71. The Morgan fingerprint density at radius 1 is 1.15 bits per heavy atom. The van der Waals surface area contributed by atoms with Gasteiger partial charge in [0, 0.05) is 0 Å². The summed E-state index contributed by atoms with van der Waals surface area (Å²) in [6, 6.07) is 17.2. The second-order valence-electron chi connectivity index (χ2n) is 7.27. The molecule has 0 saturated carbocycles. The number of carbonyl (C=O) groups is 1. The second kappa shape index (κ2) is 10.1. The van der Waals surface area contributed by atoms with E-state index < -0.39 is 0 Å². The first-order valence-corrected chi connectivity index (χ1v) is 11.2. The fourth-order valence-electron chi connectivity index (χ4n) is 3.19. The first kappa shape index (κ1) is 22.9. The summed E-state index contributed by atoms with van der Waals surface area (Å²) < 4.78 is 24.5. The summed E-state index contributed by atoms with van der Waals surface area (Å²) in [4.78, 5) is 17.2. The molecule has 0 radical (unpaired) electrons. The predicted molar refractivity (Wildman–Crippen MR) is 131 cm³/mol. The van der Waals surface area contributed by atoms with Gasteiger partial charge in [-0.05, 0) is 72.3 Å². The molecule has 0 unspecified atom stereocenters. The van der Waals surface area contributed by atoms with Gasteiger partial charge >= 0.3 is 0 Å². The molecule has 1 heterocycles. The van der Waals surface area contributed by atoms with Crippen LogP contribution in [0.5, 0.6) is 11.5 Å². The van der Waals surface area contributed by atoms with E-state index in [1.165, 1.54) is 43.1 Å². The number of methoxy groups -OCH3 is 1. The first-order valence-electron chi connectivity index (χ1n) is 10.0. The van der Waals surface area contributed by atoms with E-state index in [9.17, 15) is 9.18 Å². The molecule has 1 fully saturated rings. The van der Waals surface area contributed by atoms with Gasteiger partial charge in [-0.3, -0.25) is 4.79 Å². The number of hydrogen-bond acceptors (Lipinski definition) is 5. The van der Waals surface area contributed by atoms with Crippen LogP contribution in [0.25, 0.3) is 6.08 Å². The van der Waals surface area contributed by atoms with E-state index in [4.69, 9.17) is 21.1 Å². The van der Waals surface area contributed by atoms with Crippen LogP contribution in [0.4, 0.5) is 10.1 Å². The summed E-state index contributed by atoms with van der Waals surface area (Å²) in [5, 5.41) is 3.49. The summed E-state index contributed by atoms with van der Waals surface area (Å²) >= 11 is 7.67. The predicted octanol–water partition coefficient (Wildman–Crippen LogP) is 6.27. The van der Waals surface area contributed by atoms with E-state index >= 15 is 0 Å². The molecule has 4 rings (SSSR count). The lowest BCUT2D eigenvalue weighted by molar-refractivity contribution is -0.115. The van der Waals surface area contributed by atoms with Crippen molar-refractivity contribution in [2.75, 3.05) is 7.11 Å². The summed E-state index contributed by atoms with van der Waals surface area (Å²) in [6.07, 6.45) is 1.70. The Balaban J connectivity index is 1.53. The van der Waals surface area contributed by atoms with E-state index in [0.717, 1.165) is 11.1 Å². The van der Waals surface area contributed by atoms with Gasteiger partial charge in [0.1, 0.15) is 12.4 Å². The number of aryl methyl sites for hydroxylation is 1. The third kappa shape index (κ3) is 5.74.